The van der Waals surface area contributed by atoms with Crippen molar-refractivity contribution in [1.82, 2.24) is 30.0 Å². The maximum Gasteiger partial charge on any atom is 0.263 e. The van der Waals surface area contributed by atoms with Crippen molar-refractivity contribution in [1.29, 1.82) is 0 Å². The van der Waals surface area contributed by atoms with Crippen molar-refractivity contribution in [2.24, 2.45) is 0 Å². The fourth-order valence-corrected chi connectivity index (χ4v) is 5.22. The molecule has 0 saturated carbocycles. The summed E-state index contributed by atoms with van der Waals surface area (Å²) in [5.41, 5.74) is 10.3. The van der Waals surface area contributed by atoms with E-state index in [-0.39, 0.29) is 11.9 Å². The summed E-state index contributed by atoms with van der Waals surface area (Å²) < 4.78 is 8.10. The first-order chi connectivity index (χ1) is 17.4. The van der Waals surface area contributed by atoms with Gasteiger partial charge in [-0.25, -0.2) is 9.97 Å². The first-order valence-electron chi connectivity index (χ1n) is 13.0. The zero-order valence-corrected chi connectivity index (χ0v) is 21.8. The lowest BCUT2D eigenvalue weighted by atomic mass is 10.0. The third-order valence-electron chi connectivity index (χ3n) is 7.68. The topological polar surface area (TPSA) is 97.4 Å². The highest BCUT2D eigenvalue weighted by molar-refractivity contribution is 5.69. The summed E-state index contributed by atoms with van der Waals surface area (Å²) in [4.78, 5) is 14.0. The molecule has 3 aromatic rings. The summed E-state index contributed by atoms with van der Waals surface area (Å²) in [5.74, 6) is 1.19. The molecule has 36 heavy (non-hydrogen) atoms. The van der Waals surface area contributed by atoms with Gasteiger partial charge in [-0.15, -0.1) is 0 Å². The van der Waals surface area contributed by atoms with Crippen molar-refractivity contribution in [3.8, 4) is 22.9 Å². The number of likely N-dealkylation sites (tertiary alicyclic amines) is 1. The number of nitrogens with two attached hydrogens (primary N) is 1. The van der Waals surface area contributed by atoms with Gasteiger partial charge in [0.25, 0.3) is 5.88 Å². The molecule has 2 fully saturated rings. The number of nitrogens with zero attached hydrogens (tertiary/aromatic N) is 6. The summed E-state index contributed by atoms with van der Waals surface area (Å²) in [6.45, 7) is 7.68. The van der Waals surface area contributed by atoms with Crippen molar-refractivity contribution in [2.45, 2.75) is 57.7 Å². The standard InChI is InChI=1S/C27H38N8O/c1-18-6-5-9-34(18)23-13-20(19(2)29-3)12-21(14-23)25-16-30-26(28)27(32-25)36-24-15-31-35(17-24)22-7-10-33(4)11-8-22/h12-19,22,29H,5-11H2,1-4H3,(H2,28,30). The van der Waals surface area contributed by atoms with E-state index in [1.807, 2.05) is 17.9 Å². The molecule has 2 aliphatic rings. The van der Waals surface area contributed by atoms with Gasteiger partial charge in [0.05, 0.1) is 30.3 Å². The fourth-order valence-electron chi connectivity index (χ4n) is 5.22. The van der Waals surface area contributed by atoms with Gasteiger partial charge < -0.3 is 25.6 Å². The molecule has 0 bridgehead atoms. The highest BCUT2D eigenvalue weighted by atomic mass is 16.5. The van der Waals surface area contributed by atoms with Crippen molar-refractivity contribution < 1.29 is 4.74 Å². The van der Waals surface area contributed by atoms with E-state index >= 15 is 0 Å². The van der Waals surface area contributed by atoms with Crippen molar-refractivity contribution >= 4 is 11.5 Å². The van der Waals surface area contributed by atoms with E-state index in [1.165, 1.54) is 24.1 Å². The Morgan fingerprint density at radius 2 is 1.92 bits per heavy atom. The second kappa shape index (κ2) is 10.4. The number of hydrogen-bond donors (Lipinski definition) is 2. The first kappa shape index (κ1) is 24.5. The lowest BCUT2D eigenvalue weighted by Crippen LogP contribution is -2.31. The van der Waals surface area contributed by atoms with Gasteiger partial charge in [0, 0.05) is 29.9 Å². The molecule has 2 atom stereocenters. The molecule has 9 heteroatoms. The molecule has 2 aromatic heterocycles. The average Bonchev–Trinajstić information content (AvgIpc) is 3.54. The van der Waals surface area contributed by atoms with E-state index in [4.69, 9.17) is 15.5 Å². The molecule has 9 nitrogen and oxygen atoms in total. The lowest BCUT2D eigenvalue weighted by Gasteiger charge is -2.28. The fraction of sp³-hybridized carbons (Fsp3) is 0.519. The second-order valence-corrected chi connectivity index (χ2v) is 10.2. The molecule has 5 rings (SSSR count). The maximum absolute atomic E-state index is 6.18. The number of ether oxygens (including phenoxy) is 1. The van der Waals surface area contributed by atoms with E-state index in [0.717, 1.165) is 43.7 Å². The largest absolute Gasteiger partial charge is 0.433 e. The normalized spacial score (nSPS) is 20.1. The summed E-state index contributed by atoms with van der Waals surface area (Å²) in [6, 6.07) is 7.78. The number of rotatable bonds is 7. The molecule has 3 N–H and O–H groups in total. The van der Waals surface area contributed by atoms with Crippen LogP contribution in [-0.4, -0.2) is 64.4 Å². The van der Waals surface area contributed by atoms with E-state index in [9.17, 15) is 0 Å². The zero-order chi connectivity index (χ0) is 25.2. The van der Waals surface area contributed by atoms with Gasteiger partial charge in [-0.3, -0.25) is 4.68 Å². The van der Waals surface area contributed by atoms with Crippen LogP contribution < -0.4 is 20.7 Å². The number of anilines is 2. The minimum atomic E-state index is 0.212. The molecule has 2 aliphatic heterocycles. The Balaban J connectivity index is 1.42. The van der Waals surface area contributed by atoms with E-state index in [0.29, 0.717) is 23.7 Å². The Kier molecular flexibility index (Phi) is 7.11. The summed E-state index contributed by atoms with van der Waals surface area (Å²) >= 11 is 0. The van der Waals surface area contributed by atoms with Crippen LogP contribution in [0.1, 0.15) is 57.2 Å². The van der Waals surface area contributed by atoms with Crippen molar-refractivity contribution in [2.75, 3.05) is 44.4 Å². The van der Waals surface area contributed by atoms with Crippen LogP contribution in [0.4, 0.5) is 11.5 Å². The monoisotopic (exact) mass is 490 g/mol. The van der Waals surface area contributed by atoms with Gasteiger partial charge in [-0.2, -0.15) is 5.10 Å². The molecule has 0 amide bonds. The third kappa shape index (κ3) is 5.17. The van der Waals surface area contributed by atoms with Crippen LogP contribution in [0.5, 0.6) is 11.6 Å². The second-order valence-electron chi connectivity index (χ2n) is 10.2. The van der Waals surface area contributed by atoms with Crippen molar-refractivity contribution in [3.05, 3.63) is 42.4 Å². The van der Waals surface area contributed by atoms with Crippen LogP contribution in [-0.2, 0) is 0 Å². The molecule has 2 unspecified atom stereocenters. The summed E-state index contributed by atoms with van der Waals surface area (Å²) in [7, 11) is 4.14. The highest BCUT2D eigenvalue weighted by Gasteiger charge is 2.23. The number of nitrogens with one attached hydrogen (secondary N) is 1. The SMILES string of the molecule is CNC(C)c1cc(-c2cnc(N)c(Oc3cnn(C4CCN(C)CC4)c3)n2)cc(N2CCCC2C)c1. The summed E-state index contributed by atoms with van der Waals surface area (Å²) in [6.07, 6.45) is 9.98. The van der Waals surface area contributed by atoms with Gasteiger partial charge in [0.1, 0.15) is 0 Å². The Hall–Kier alpha value is -3.17. The lowest BCUT2D eigenvalue weighted by molar-refractivity contribution is 0.212. The first-order valence-corrected chi connectivity index (χ1v) is 13.0. The average molecular weight is 491 g/mol. The maximum atomic E-state index is 6.18. The Morgan fingerprint density at radius 3 is 2.64 bits per heavy atom. The van der Waals surface area contributed by atoms with Crippen LogP contribution in [0, 0.1) is 0 Å². The molecule has 1 aromatic carbocycles. The molecule has 0 aliphatic carbocycles. The predicted octanol–water partition coefficient (Wildman–Crippen LogP) is 4.25. The van der Waals surface area contributed by atoms with Crippen LogP contribution in [0.15, 0.2) is 36.8 Å². The molecule has 0 radical (unpaired) electrons. The number of piperidine rings is 1. The third-order valence-corrected chi connectivity index (χ3v) is 7.68. The molecular formula is C27H38N8O. The van der Waals surface area contributed by atoms with Gasteiger partial charge in [0.2, 0.25) is 0 Å². The van der Waals surface area contributed by atoms with Crippen LogP contribution in [0.25, 0.3) is 11.3 Å². The Morgan fingerprint density at radius 1 is 1.11 bits per heavy atom. The minimum Gasteiger partial charge on any atom is -0.433 e. The van der Waals surface area contributed by atoms with Crippen LogP contribution in [0.3, 0.4) is 0 Å². The van der Waals surface area contributed by atoms with Crippen LogP contribution in [0.2, 0.25) is 0 Å². The zero-order valence-electron chi connectivity index (χ0n) is 21.8. The number of hydrogen-bond acceptors (Lipinski definition) is 8. The Bertz CT molecular complexity index is 1190. The van der Waals surface area contributed by atoms with E-state index in [2.05, 4.69) is 64.3 Å². The summed E-state index contributed by atoms with van der Waals surface area (Å²) in [5, 5.41) is 7.91. The van der Waals surface area contributed by atoms with Crippen molar-refractivity contribution in [3.63, 3.8) is 0 Å². The quantitative estimate of drug-likeness (QED) is 0.507. The van der Waals surface area contributed by atoms with Gasteiger partial charge >= 0.3 is 0 Å². The number of benzene rings is 1. The highest BCUT2D eigenvalue weighted by Crippen LogP contribution is 2.34. The molecule has 0 spiro atoms. The molecule has 192 valence electrons. The van der Waals surface area contributed by atoms with E-state index in [1.54, 1.807) is 12.4 Å². The molecule has 4 heterocycles. The van der Waals surface area contributed by atoms with Gasteiger partial charge in [-0.05, 0) is 90.5 Å². The predicted molar refractivity (Wildman–Crippen MR) is 143 cm³/mol. The number of aromatic nitrogens is 4. The van der Waals surface area contributed by atoms with Gasteiger partial charge in [0.15, 0.2) is 11.6 Å². The Labute approximate surface area is 213 Å². The van der Waals surface area contributed by atoms with Crippen LogP contribution >= 0.6 is 0 Å². The van der Waals surface area contributed by atoms with Gasteiger partial charge in [-0.1, -0.05) is 0 Å². The smallest absolute Gasteiger partial charge is 0.263 e. The van der Waals surface area contributed by atoms with E-state index < -0.39 is 0 Å². The number of nitrogen functional groups attached to an aromatic ring is 1. The minimum absolute atomic E-state index is 0.212. The molecule has 2 saturated heterocycles. The molecular weight excluding hydrogens is 452 g/mol.